The first-order valence-corrected chi connectivity index (χ1v) is 8.86. The number of hydrogen-bond donors (Lipinski definition) is 0. The second kappa shape index (κ2) is 8.26. The van der Waals surface area contributed by atoms with Gasteiger partial charge in [0.15, 0.2) is 6.10 Å². The van der Waals surface area contributed by atoms with E-state index in [1.807, 2.05) is 48.5 Å². The average Bonchev–Trinajstić information content (AvgIpc) is 2.61. The largest absolute Gasteiger partial charge is 0.497 e. The van der Waals surface area contributed by atoms with Crippen molar-refractivity contribution in [1.29, 1.82) is 0 Å². The van der Waals surface area contributed by atoms with Crippen molar-refractivity contribution in [2.45, 2.75) is 45.8 Å². The predicted molar refractivity (Wildman–Crippen MR) is 105 cm³/mol. The molecule has 26 heavy (non-hydrogen) atoms. The molecule has 4 nitrogen and oxygen atoms in total. The van der Waals surface area contributed by atoms with Crippen LogP contribution in [-0.2, 0) is 16.8 Å². The fraction of sp³-hybridized carbons (Fsp3) is 0.409. The second-order valence-corrected chi connectivity index (χ2v) is 7.58. The average molecular weight is 355 g/mol. The van der Waals surface area contributed by atoms with E-state index in [1.54, 1.807) is 26.0 Å². The molecule has 0 aliphatic heterocycles. The maximum atomic E-state index is 12.6. The van der Waals surface area contributed by atoms with Gasteiger partial charge in [-0.3, -0.25) is 4.79 Å². The molecule has 0 aromatic heterocycles. The van der Waals surface area contributed by atoms with Crippen molar-refractivity contribution in [3.05, 3.63) is 59.7 Å². The lowest BCUT2D eigenvalue weighted by Crippen LogP contribution is -2.37. The van der Waals surface area contributed by atoms with Crippen LogP contribution < -0.4 is 9.47 Å². The van der Waals surface area contributed by atoms with E-state index in [2.05, 4.69) is 20.8 Å². The van der Waals surface area contributed by atoms with Crippen molar-refractivity contribution < 1.29 is 14.3 Å². The van der Waals surface area contributed by atoms with Crippen LogP contribution in [0.15, 0.2) is 48.5 Å². The van der Waals surface area contributed by atoms with Crippen molar-refractivity contribution in [2.75, 3.05) is 14.2 Å². The Morgan fingerprint density at radius 2 is 1.54 bits per heavy atom. The Labute approximate surface area is 156 Å². The van der Waals surface area contributed by atoms with Gasteiger partial charge in [-0.25, -0.2) is 0 Å². The fourth-order valence-corrected chi connectivity index (χ4v) is 2.68. The zero-order valence-corrected chi connectivity index (χ0v) is 16.6. The third-order valence-corrected chi connectivity index (χ3v) is 4.34. The Morgan fingerprint density at radius 3 is 2.04 bits per heavy atom. The van der Waals surface area contributed by atoms with Crippen LogP contribution in [0.3, 0.4) is 0 Å². The number of ether oxygens (including phenoxy) is 2. The van der Waals surface area contributed by atoms with Crippen LogP contribution in [0.2, 0.25) is 0 Å². The first kappa shape index (κ1) is 19.8. The number of carbonyl (C=O) groups excluding carboxylic acids is 1. The number of carbonyl (C=O) groups is 1. The molecule has 2 rings (SSSR count). The molecule has 0 saturated heterocycles. The summed E-state index contributed by atoms with van der Waals surface area (Å²) in [5, 5.41) is 0. The van der Waals surface area contributed by atoms with E-state index < -0.39 is 6.10 Å². The molecule has 1 amide bonds. The lowest BCUT2D eigenvalue weighted by molar-refractivity contribution is -0.137. The van der Waals surface area contributed by atoms with Gasteiger partial charge in [0, 0.05) is 13.6 Å². The number of amides is 1. The van der Waals surface area contributed by atoms with Gasteiger partial charge in [0.2, 0.25) is 0 Å². The minimum Gasteiger partial charge on any atom is -0.497 e. The van der Waals surface area contributed by atoms with Gasteiger partial charge in [-0.1, -0.05) is 45.0 Å². The molecular weight excluding hydrogens is 326 g/mol. The minimum atomic E-state index is -0.543. The molecule has 0 radical (unpaired) electrons. The van der Waals surface area contributed by atoms with Gasteiger partial charge in [-0.2, -0.15) is 0 Å². The zero-order valence-electron chi connectivity index (χ0n) is 16.6. The lowest BCUT2D eigenvalue weighted by atomic mass is 9.87. The monoisotopic (exact) mass is 355 g/mol. The van der Waals surface area contributed by atoms with Gasteiger partial charge in [0.05, 0.1) is 7.11 Å². The Kier molecular flexibility index (Phi) is 6.30. The molecule has 0 saturated carbocycles. The molecule has 1 atom stereocenters. The molecule has 2 aromatic rings. The minimum absolute atomic E-state index is 0.0549. The van der Waals surface area contributed by atoms with Crippen LogP contribution in [-0.4, -0.2) is 31.1 Å². The molecule has 0 aliphatic rings. The highest BCUT2D eigenvalue weighted by atomic mass is 16.5. The Morgan fingerprint density at radius 1 is 1.00 bits per heavy atom. The molecule has 0 unspecified atom stereocenters. The van der Waals surface area contributed by atoms with Crippen LogP contribution in [0.4, 0.5) is 0 Å². The number of hydrogen-bond acceptors (Lipinski definition) is 3. The van der Waals surface area contributed by atoms with E-state index in [-0.39, 0.29) is 11.3 Å². The van der Waals surface area contributed by atoms with E-state index in [1.165, 1.54) is 5.56 Å². The summed E-state index contributed by atoms with van der Waals surface area (Å²) in [5.41, 5.74) is 2.38. The van der Waals surface area contributed by atoms with Crippen molar-refractivity contribution >= 4 is 5.91 Å². The number of rotatable bonds is 6. The summed E-state index contributed by atoms with van der Waals surface area (Å²) in [5.74, 6) is 1.45. The first-order valence-electron chi connectivity index (χ1n) is 8.86. The summed E-state index contributed by atoms with van der Waals surface area (Å²) < 4.78 is 11.0. The lowest BCUT2D eigenvalue weighted by Gasteiger charge is -2.23. The normalized spacial score (nSPS) is 12.4. The molecular formula is C22H29NO3. The number of benzene rings is 2. The van der Waals surface area contributed by atoms with Crippen molar-refractivity contribution in [3.63, 3.8) is 0 Å². The smallest absolute Gasteiger partial charge is 0.263 e. The highest BCUT2D eigenvalue weighted by Gasteiger charge is 2.20. The van der Waals surface area contributed by atoms with Gasteiger partial charge in [0.1, 0.15) is 11.5 Å². The van der Waals surface area contributed by atoms with E-state index >= 15 is 0 Å². The quantitative estimate of drug-likeness (QED) is 0.770. The van der Waals surface area contributed by atoms with E-state index in [9.17, 15) is 4.79 Å². The molecule has 140 valence electrons. The van der Waals surface area contributed by atoms with Crippen LogP contribution in [0.1, 0.15) is 38.8 Å². The summed E-state index contributed by atoms with van der Waals surface area (Å²) >= 11 is 0. The molecule has 0 spiro atoms. The fourth-order valence-electron chi connectivity index (χ4n) is 2.68. The Hall–Kier alpha value is -2.49. The SMILES string of the molecule is COc1ccc(CN(C)C(=O)[C@@H](C)Oc2ccc(C(C)(C)C)cc2)cc1. The molecule has 0 heterocycles. The van der Waals surface area contributed by atoms with E-state index in [0.717, 1.165) is 11.3 Å². The number of nitrogens with zero attached hydrogens (tertiary/aromatic N) is 1. The summed E-state index contributed by atoms with van der Waals surface area (Å²) in [7, 11) is 3.42. The second-order valence-electron chi connectivity index (χ2n) is 7.58. The van der Waals surface area contributed by atoms with E-state index in [4.69, 9.17) is 9.47 Å². The first-order chi connectivity index (χ1) is 12.2. The molecule has 0 N–H and O–H groups in total. The van der Waals surface area contributed by atoms with Gasteiger partial charge in [-0.15, -0.1) is 0 Å². The molecule has 4 heteroatoms. The van der Waals surface area contributed by atoms with E-state index in [0.29, 0.717) is 12.3 Å². The molecule has 0 aliphatic carbocycles. The third-order valence-electron chi connectivity index (χ3n) is 4.34. The summed E-state index contributed by atoms with van der Waals surface area (Å²) in [4.78, 5) is 14.3. The number of likely N-dealkylation sites (N-methyl/N-ethyl adjacent to an activating group) is 1. The van der Waals surface area contributed by atoms with Crippen LogP contribution >= 0.6 is 0 Å². The predicted octanol–water partition coefficient (Wildman–Crippen LogP) is 4.42. The molecule has 0 fully saturated rings. The summed E-state index contributed by atoms with van der Waals surface area (Å²) in [6, 6.07) is 15.6. The maximum absolute atomic E-state index is 12.6. The third kappa shape index (κ3) is 5.25. The van der Waals surface area contributed by atoms with Crippen LogP contribution in [0, 0.1) is 0 Å². The van der Waals surface area contributed by atoms with Gasteiger partial charge < -0.3 is 14.4 Å². The van der Waals surface area contributed by atoms with Crippen molar-refractivity contribution in [2.24, 2.45) is 0 Å². The van der Waals surface area contributed by atoms with Gasteiger partial charge in [0.25, 0.3) is 5.91 Å². The zero-order chi connectivity index (χ0) is 19.3. The van der Waals surface area contributed by atoms with Crippen molar-refractivity contribution in [3.8, 4) is 11.5 Å². The molecule has 2 aromatic carbocycles. The number of methoxy groups -OCH3 is 1. The highest BCUT2D eigenvalue weighted by molar-refractivity contribution is 5.80. The Balaban J connectivity index is 1.95. The highest BCUT2D eigenvalue weighted by Crippen LogP contribution is 2.24. The Bertz CT molecular complexity index is 715. The summed E-state index contributed by atoms with van der Waals surface area (Å²) in [6.45, 7) is 8.82. The maximum Gasteiger partial charge on any atom is 0.263 e. The van der Waals surface area contributed by atoms with Crippen molar-refractivity contribution in [1.82, 2.24) is 4.90 Å². The van der Waals surface area contributed by atoms with Crippen LogP contribution in [0.25, 0.3) is 0 Å². The van der Waals surface area contributed by atoms with Gasteiger partial charge in [-0.05, 0) is 47.7 Å². The standard InChI is InChI=1S/C22H29NO3/c1-16(26-20-13-9-18(10-14-20)22(2,3)4)21(24)23(5)15-17-7-11-19(25-6)12-8-17/h7-14,16H,15H2,1-6H3/t16-/m1/s1. The topological polar surface area (TPSA) is 38.8 Å². The molecule has 0 bridgehead atoms. The van der Waals surface area contributed by atoms with Gasteiger partial charge >= 0.3 is 0 Å². The van der Waals surface area contributed by atoms with Crippen LogP contribution in [0.5, 0.6) is 11.5 Å². The summed E-state index contributed by atoms with van der Waals surface area (Å²) in [6.07, 6.45) is -0.543.